The molecule has 0 aliphatic heterocycles. The number of nitrogens with zero attached hydrogens (tertiary/aromatic N) is 4. The summed E-state index contributed by atoms with van der Waals surface area (Å²) in [6, 6.07) is 15.2. The van der Waals surface area contributed by atoms with Crippen molar-refractivity contribution in [2.75, 3.05) is 0 Å². The highest BCUT2D eigenvalue weighted by Gasteiger charge is 2.16. The first-order chi connectivity index (χ1) is 13.2. The average Bonchev–Trinajstić information content (AvgIpc) is 3.35. The van der Waals surface area contributed by atoms with Crippen LogP contribution in [-0.2, 0) is 17.9 Å². The van der Waals surface area contributed by atoms with Crippen molar-refractivity contribution in [3.05, 3.63) is 72.4 Å². The van der Waals surface area contributed by atoms with Crippen LogP contribution in [-0.4, -0.2) is 20.4 Å². The van der Waals surface area contributed by atoms with Crippen LogP contribution < -0.4 is 5.32 Å². The van der Waals surface area contributed by atoms with Gasteiger partial charge in [0.25, 0.3) is 0 Å². The lowest BCUT2D eigenvalue weighted by molar-refractivity contribution is -0.121. The van der Waals surface area contributed by atoms with E-state index in [1.54, 1.807) is 18.3 Å². The first-order valence-electron chi connectivity index (χ1n) is 8.34. The summed E-state index contributed by atoms with van der Waals surface area (Å²) in [4.78, 5) is 20.9. The van der Waals surface area contributed by atoms with Gasteiger partial charge in [-0.1, -0.05) is 18.2 Å². The molecular weight excluding hydrogens is 342 g/mol. The van der Waals surface area contributed by atoms with E-state index in [1.807, 2.05) is 41.0 Å². The van der Waals surface area contributed by atoms with E-state index in [0.29, 0.717) is 17.1 Å². The lowest BCUT2D eigenvalue weighted by Crippen LogP contribution is -2.27. The normalized spacial score (nSPS) is 10.6. The van der Waals surface area contributed by atoms with Gasteiger partial charge >= 0.3 is 0 Å². The number of pyridine rings is 1. The van der Waals surface area contributed by atoms with E-state index in [4.69, 9.17) is 9.68 Å². The molecule has 0 aliphatic carbocycles. The zero-order valence-electron chi connectivity index (χ0n) is 14.3. The maximum atomic E-state index is 12.5. The van der Waals surface area contributed by atoms with Gasteiger partial charge in [0.1, 0.15) is 24.6 Å². The number of benzene rings is 1. The third-order valence-electron chi connectivity index (χ3n) is 4.18. The molecule has 0 radical (unpaired) electrons. The summed E-state index contributed by atoms with van der Waals surface area (Å²) in [6.07, 6.45) is 4.57. The molecule has 0 aliphatic rings. The summed E-state index contributed by atoms with van der Waals surface area (Å²) in [5, 5.41) is 12.7. The summed E-state index contributed by atoms with van der Waals surface area (Å²) in [5.74, 6) is 0.308. The maximum Gasteiger partial charge on any atom is 0.243 e. The second-order valence-corrected chi connectivity index (χ2v) is 5.94. The number of nitrogens with one attached hydrogen (secondary N) is 1. The monoisotopic (exact) mass is 357 g/mol. The van der Waals surface area contributed by atoms with Crippen LogP contribution in [0.25, 0.3) is 22.5 Å². The van der Waals surface area contributed by atoms with E-state index >= 15 is 0 Å². The van der Waals surface area contributed by atoms with Crippen molar-refractivity contribution < 1.29 is 9.21 Å². The topological polar surface area (TPSA) is 96.7 Å². The number of carbonyl (C=O) groups excluding carboxylic acids is 1. The Bertz CT molecular complexity index is 1120. The zero-order chi connectivity index (χ0) is 18.6. The van der Waals surface area contributed by atoms with E-state index in [9.17, 15) is 4.79 Å². The van der Waals surface area contributed by atoms with Crippen LogP contribution >= 0.6 is 0 Å². The SMILES string of the molecule is N#Cc1ccc(CNC(=O)Cn2c(-c3ncco3)cc3ccccc32)nc1. The third-order valence-corrected chi connectivity index (χ3v) is 4.18. The minimum Gasteiger partial charge on any atom is -0.443 e. The lowest BCUT2D eigenvalue weighted by atomic mass is 10.2. The number of hydrogen-bond acceptors (Lipinski definition) is 5. The number of amides is 1. The molecular formula is C20H15N5O2. The van der Waals surface area contributed by atoms with E-state index in [-0.39, 0.29) is 19.0 Å². The molecule has 27 heavy (non-hydrogen) atoms. The van der Waals surface area contributed by atoms with Crippen LogP contribution in [0.1, 0.15) is 11.3 Å². The van der Waals surface area contributed by atoms with Crippen LogP contribution in [0.4, 0.5) is 0 Å². The number of aromatic nitrogens is 3. The van der Waals surface area contributed by atoms with E-state index < -0.39 is 0 Å². The molecule has 1 N–H and O–H groups in total. The first-order valence-corrected chi connectivity index (χ1v) is 8.34. The van der Waals surface area contributed by atoms with Gasteiger partial charge in [0.2, 0.25) is 11.8 Å². The fraction of sp³-hybridized carbons (Fsp3) is 0.100. The molecule has 4 rings (SSSR count). The largest absolute Gasteiger partial charge is 0.443 e. The summed E-state index contributed by atoms with van der Waals surface area (Å²) in [5.41, 5.74) is 2.84. The number of fused-ring (bicyclic) bond motifs is 1. The molecule has 0 atom stereocenters. The van der Waals surface area contributed by atoms with Gasteiger partial charge in [-0.25, -0.2) is 4.98 Å². The molecule has 0 fully saturated rings. The lowest BCUT2D eigenvalue weighted by Gasteiger charge is -2.10. The maximum absolute atomic E-state index is 12.5. The van der Waals surface area contributed by atoms with Crippen molar-refractivity contribution in [2.24, 2.45) is 0 Å². The number of para-hydroxylation sites is 1. The Kier molecular flexibility index (Phi) is 4.37. The van der Waals surface area contributed by atoms with Gasteiger partial charge in [-0.05, 0) is 24.3 Å². The number of oxazole rings is 1. The first kappa shape index (κ1) is 16.5. The predicted molar refractivity (Wildman–Crippen MR) is 98.2 cm³/mol. The summed E-state index contributed by atoms with van der Waals surface area (Å²) < 4.78 is 7.30. The van der Waals surface area contributed by atoms with Crippen molar-refractivity contribution >= 4 is 16.8 Å². The minimum absolute atomic E-state index is 0.126. The Hall–Kier alpha value is -3.92. The summed E-state index contributed by atoms with van der Waals surface area (Å²) in [6.45, 7) is 0.416. The smallest absolute Gasteiger partial charge is 0.243 e. The van der Waals surface area contributed by atoms with Crippen molar-refractivity contribution in [3.8, 4) is 17.7 Å². The van der Waals surface area contributed by atoms with Gasteiger partial charge in [0, 0.05) is 17.1 Å². The standard InChI is InChI=1S/C20H15N5O2/c21-10-14-5-6-16(23-11-14)12-24-19(26)13-25-17-4-2-1-3-15(17)9-18(25)20-22-7-8-27-20/h1-9,11H,12-13H2,(H,24,26). The fourth-order valence-electron chi connectivity index (χ4n) is 2.89. The molecule has 3 aromatic heterocycles. The average molecular weight is 357 g/mol. The van der Waals surface area contributed by atoms with Crippen molar-refractivity contribution in [3.63, 3.8) is 0 Å². The quantitative estimate of drug-likeness (QED) is 0.592. The molecule has 3 heterocycles. The van der Waals surface area contributed by atoms with E-state index in [0.717, 1.165) is 16.6 Å². The Labute approximate surface area is 154 Å². The number of nitriles is 1. The number of rotatable bonds is 5. The highest BCUT2D eigenvalue weighted by atomic mass is 16.3. The molecule has 4 aromatic rings. The second kappa shape index (κ2) is 7.14. The van der Waals surface area contributed by atoms with Crippen LogP contribution in [0.2, 0.25) is 0 Å². The molecule has 0 bridgehead atoms. The summed E-state index contributed by atoms with van der Waals surface area (Å²) >= 11 is 0. The van der Waals surface area contributed by atoms with Crippen molar-refractivity contribution in [1.82, 2.24) is 19.9 Å². The van der Waals surface area contributed by atoms with Crippen LogP contribution in [0, 0.1) is 11.3 Å². The molecule has 0 saturated heterocycles. The number of hydrogen-bond donors (Lipinski definition) is 1. The highest BCUT2D eigenvalue weighted by Crippen LogP contribution is 2.27. The van der Waals surface area contributed by atoms with E-state index in [1.165, 1.54) is 12.5 Å². The van der Waals surface area contributed by atoms with Gasteiger partial charge < -0.3 is 14.3 Å². The minimum atomic E-state index is -0.157. The van der Waals surface area contributed by atoms with Crippen LogP contribution in [0.15, 0.2) is 65.5 Å². The zero-order valence-corrected chi connectivity index (χ0v) is 14.3. The van der Waals surface area contributed by atoms with Crippen molar-refractivity contribution in [1.29, 1.82) is 5.26 Å². The highest BCUT2D eigenvalue weighted by molar-refractivity contribution is 5.88. The molecule has 132 valence electrons. The van der Waals surface area contributed by atoms with Crippen LogP contribution in [0.3, 0.4) is 0 Å². The Balaban J connectivity index is 1.54. The Morgan fingerprint density at radius 3 is 2.85 bits per heavy atom. The molecule has 7 nitrogen and oxygen atoms in total. The van der Waals surface area contributed by atoms with Crippen LogP contribution in [0.5, 0.6) is 0 Å². The van der Waals surface area contributed by atoms with Gasteiger partial charge in [0.05, 0.1) is 24.0 Å². The van der Waals surface area contributed by atoms with Gasteiger partial charge in [-0.2, -0.15) is 5.26 Å². The molecule has 7 heteroatoms. The molecule has 1 amide bonds. The molecule has 1 aromatic carbocycles. The van der Waals surface area contributed by atoms with E-state index in [2.05, 4.69) is 15.3 Å². The Morgan fingerprint density at radius 1 is 1.22 bits per heavy atom. The Morgan fingerprint density at radius 2 is 2.11 bits per heavy atom. The van der Waals surface area contributed by atoms with Crippen molar-refractivity contribution in [2.45, 2.75) is 13.1 Å². The van der Waals surface area contributed by atoms with Gasteiger partial charge in [-0.3, -0.25) is 9.78 Å². The molecule has 0 spiro atoms. The second-order valence-electron chi connectivity index (χ2n) is 5.94. The molecule has 0 unspecified atom stereocenters. The predicted octanol–water partition coefficient (Wildman–Crippen LogP) is 2.88. The molecule has 0 saturated carbocycles. The fourth-order valence-corrected chi connectivity index (χ4v) is 2.89. The third kappa shape index (κ3) is 3.41. The van der Waals surface area contributed by atoms with Gasteiger partial charge in [0.15, 0.2) is 0 Å². The van der Waals surface area contributed by atoms with Gasteiger partial charge in [-0.15, -0.1) is 0 Å². The summed E-state index contributed by atoms with van der Waals surface area (Å²) in [7, 11) is 0. The number of carbonyl (C=O) groups is 1.